The van der Waals surface area contributed by atoms with Gasteiger partial charge in [0.2, 0.25) is 0 Å². The molecule has 5 rings (SSSR count). The van der Waals surface area contributed by atoms with E-state index >= 15 is 0 Å². The van der Waals surface area contributed by atoms with Gasteiger partial charge in [0, 0.05) is 42.3 Å². The number of halogens is 2. The van der Waals surface area contributed by atoms with Gasteiger partial charge in [-0.2, -0.15) is 5.10 Å². The second-order valence-electron chi connectivity index (χ2n) is 10.2. The quantitative estimate of drug-likeness (QED) is 0.370. The first-order valence-electron chi connectivity index (χ1n) is 12.5. The van der Waals surface area contributed by atoms with Crippen LogP contribution in [0.2, 0.25) is 0 Å². The first-order valence-corrected chi connectivity index (χ1v) is 13.3. The molecule has 0 radical (unpaired) electrons. The highest BCUT2D eigenvalue weighted by Crippen LogP contribution is 2.35. The number of nitrogens with zero attached hydrogens (tertiary/aromatic N) is 3. The molecule has 2 aromatic heterocycles. The van der Waals surface area contributed by atoms with Crippen LogP contribution in [0.1, 0.15) is 66.4 Å². The Hall–Kier alpha value is -2.39. The van der Waals surface area contributed by atoms with Crippen molar-refractivity contribution in [1.29, 1.82) is 0 Å². The van der Waals surface area contributed by atoms with Crippen LogP contribution in [0.15, 0.2) is 24.4 Å². The Kier molecular flexibility index (Phi) is 7.16. The molecule has 2 aliphatic rings. The summed E-state index contributed by atoms with van der Waals surface area (Å²) >= 11 is 1.40. The van der Waals surface area contributed by atoms with Gasteiger partial charge in [-0.15, -0.1) is 0 Å². The predicted molar refractivity (Wildman–Crippen MR) is 132 cm³/mol. The Morgan fingerprint density at radius 1 is 1.26 bits per heavy atom. The second-order valence-corrected chi connectivity index (χ2v) is 11.2. The zero-order valence-electron chi connectivity index (χ0n) is 20.1. The van der Waals surface area contributed by atoms with Gasteiger partial charge >= 0.3 is 0 Å². The number of para-hydroxylation sites is 1. The minimum absolute atomic E-state index is 0.210. The normalized spacial score (nSPS) is 21.2. The Morgan fingerprint density at radius 3 is 2.86 bits per heavy atom. The monoisotopic (exact) mass is 502 g/mol. The maximum atomic E-state index is 13.1. The van der Waals surface area contributed by atoms with Gasteiger partial charge in [0.05, 0.1) is 17.4 Å². The topological polar surface area (TPSA) is 71.1 Å². The molecule has 9 heteroatoms. The third kappa shape index (κ3) is 6.06. The van der Waals surface area contributed by atoms with E-state index in [2.05, 4.69) is 20.1 Å². The summed E-state index contributed by atoms with van der Waals surface area (Å²) in [6.07, 6.45) is 8.97. The van der Waals surface area contributed by atoms with Crippen LogP contribution >= 0.6 is 11.3 Å². The number of nitrogens with one attached hydrogen (secondary N) is 1. The number of carbonyl (C=O) groups is 1. The largest absolute Gasteiger partial charge is 0.464 e. The van der Waals surface area contributed by atoms with Gasteiger partial charge in [-0.25, -0.2) is 13.8 Å². The lowest BCUT2D eigenvalue weighted by atomic mass is 9.78. The smallest absolute Gasteiger partial charge is 0.278 e. The SMILES string of the molecule is CC(F)(F)COc1nc2c(s1)CCN(CCC1CCC(CC(=O)c3cccc4cn[nH]c34)CC1)C2. The molecular weight excluding hydrogens is 470 g/mol. The molecule has 188 valence electrons. The standard InChI is InChI=1S/C26H32F2N4O2S/c1-26(27,28)16-34-25-30-21-15-32(12-10-23(21)35-25)11-9-17-5-7-18(8-6-17)13-22(33)20-4-2-3-19-14-29-31-24(19)20/h2-4,14,17-18H,5-13,15-16H2,1H3,(H,29,31). The van der Waals surface area contributed by atoms with Crippen molar-refractivity contribution in [3.05, 3.63) is 40.5 Å². The second kappa shape index (κ2) is 10.3. The number of hydrogen-bond acceptors (Lipinski definition) is 6. The number of ketones is 1. The lowest BCUT2D eigenvalue weighted by Gasteiger charge is -2.31. The van der Waals surface area contributed by atoms with Crippen LogP contribution in [0.4, 0.5) is 8.78 Å². The molecule has 6 nitrogen and oxygen atoms in total. The molecule has 3 aromatic rings. The molecular formula is C26H32F2N4O2S. The van der Waals surface area contributed by atoms with E-state index in [1.54, 1.807) is 6.20 Å². The predicted octanol–water partition coefficient (Wildman–Crippen LogP) is 5.88. The van der Waals surface area contributed by atoms with Gasteiger partial charge in [0.15, 0.2) is 12.4 Å². The van der Waals surface area contributed by atoms with Crippen LogP contribution in [0.25, 0.3) is 10.9 Å². The van der Waals surface area contributed by atoms with E-state index in [0.29, 0.717) is 23.5 Å². The summed E-state index contributed by atoms with van der Waals surface area (Å²) in [5, 5.41) is 8.37. The van der Waals surface area contributed by atoms with E-state index in [9.17, 15) is 13.6 Å². The first kappa shape index (κ1) is 24.3. The molecule has 1 fully saturated rings. The number of rotatable bonds is 9. The Balaban J connectivity index is 1.05. The number of thiazole rings is 1. The average molecular weight is 503 g/mol. The van der Waals surface area contributed by atoms with Crippen LogP contribution in [0.5, 0.6) is 5.19 Å². The highest BCUT2D eigenvalue weighted by atomic mass is 32.1. The lowest BCUT2D eigenvalue weighted by Crippen LogP contribution is -2.32. The minimum Gasteiger partial charge on any atom is -0.464 e. The van der Waals surface area contributed by atoms with Crippen molar-refractivity contribution in [3.63, 3.8) is 0 Å². The summed E-state index contributed by atoms with van der Waals surface area (Å²) in [5.41, 5.74) is 2.58. The van der Waals surface area contributed by atoms with Crippen molar-refractivity contribution in [2.75, 3.05) is 19.7 Å². The minimum atomic E-state index is -2.85. The number of Topliss-reactive ketones (excluding diaryl/α,β-unsaturated/α-hetero) is 1. The number of ether oxygens (including phenoxy) is 1. The highest BCUT2D eigenvalue weighted by molar-refractivity contribution is 7.13. The van der Waals surface area contributed by atoms with Crippen LogP contribution < -0.4 is 4.74 Å². The van der Waals surface area contributed by atoms with Gasteiger partial charge in [-0.1, -0.05) is 36.3 Å². The fourth-order valence-electron chi connectivity index (χ4n) is 5.33. The van der Waals surface area contributed by atoms with Gasteiger partial charge in [0.25, 0.3) is 11.1 Å². The van der Waals surface area contributed by atoms with Crippen LogP contribution in [-0.2, 0) is 13.0 Å². The fraction of sp³-hybridized carbons (Fsp3) is 0.577. The zero-order valence-corrected chi connectivity index (χ0v) is 20.9. The molecule has 0 bridgehead atoms. The number of aromatic amines is 1. The molecule has 0 amide bonds. The van der Waals surface area contributed by atoms with E-state index in [0.717, 1.165) is 79.3 Å². The molecule has 1 saturated carbocycles. The van der Waals surface area contributed by atoms with E-state index in [4.69, 9.17) is 4.74 Å². The molecule has 1 aliphatic heterocycles. The number of hydrogen-bond donors (Lipinski definition) is 1. The molecule has 0 spiro atoms. The molecule has 0 unspecified atom stereocenters. The molecule has 3 heterocycles. The van der Waals surface area contributed by atoms with Gasteiger partial charge < -0.3 is 4.74 Å². The third-order valence-corrected chi connectivity index (χ3v) is 8.38. The lowest BCUT2D eigenvalue weighted by molar-refractivity contribution is -0.0230. The van der Waals surface area contributed by atoms with Crippen molar-refractivity contribution >= 4 is 28.0 Å². The van der Waals surface area contributed by atoms with E-state index in [1.807, 2.05) is 18.2 Å². The maximum Gasteiger partial charge on any atom is 0.278 e. The maximum absolute atomic E-state index is 13.1. The molecule has 0 saturated heterocycles. The molecule has 1 N–H and O–H groups in total. The first-order chi connectivity index (χ1) is 16.8. The van der Waals surface area contributed by atoms with Gasteiger partial charge in [-0.05, 0) is 50.1 Å². The summed E-state index contributed by atoms with van der Waals surface area (Å²) in [6, 6.07) is 5.79. The summed E-state index contributed by atoms with van der Waals surface area (Å²) in [4.78, 5) is 21.0. The van der Waals surface area contributed by atoms with E-state index < -0.39 is 12.5 Å². The summed E-state index contributed by atoms with van der Waals surface area (Å²) in [5.74, 6) is -1.49. The van der Waals surface area contributed by atoms with Crippen LogP contribution in [0, 0.1) is 11.8 Å². The van der Waals surface area contributed by atoms with Crippen LogP contribution in [0.3, 0.4) is 0 Å². The number of benzene rings is 1. The zero-order chi connectivity index (χ0) is 24.4. The van der Waals surface area contributed by atoms with Crippen molar-refractivity contribution in [3.8, 4) is 5.19 Å². The van der Waals surface area contributed by atoms with Gasteiger partial charge in [0.1, 0.15) is 0 Å². The fourth-order valence-corrected chi connectivity index (χ4v) is 6.24. The van der Waals surface area contributed by atoms with E-state index in [-0.39, 0.29) is 5.78 Å². The Bertz CT molecular complexity index is 1160. The molecule has 35 heavy (non-hydrogen) atoms. The van der Waals surface area contributed by atoms with Crippen LogP contribution in [-0.4, -0.2) is 51.5 Å². The number of fused-ring (bicyclic) bond motifs is 2. The molecule has 0 atom stereocenters. The summed E-state index contributed by atoms with van der Waals surface area (Å²) in [7, 11) is 0. The van der Waals surface area contributed by atoms with Gasteiger partial charge in [-0.3, -0.25) is 14.8 Å². The number of aromatic nitrogens is 3. The summed E-state index contributed by atoms with van der Waals surface area (Å²) in [6.45, 7) is 2.99. The van der Waals surface area contributed by atoms with Crippen molar-refractivity contribution < 1.29 is 18.3 Å². The molecule has 1 aliphatic carbocycles. The number of alkyl halides is 2. The third-order valence-electron chi connectivity index (χ3n) is 7.31. The van der Waals surface area contributed by atoms with Crippen molar-refractivity contribution in [1.82, 2.24) is 20.1 Å². The Morgan fingerprint density at radius 2 is 2.06 bits per heavy atom. The van der Waals surface area contributed by atoms with Crippen molar-refractivity contribution in [2.24, 2.45) is 11.8 Å². The number of carbonyl (C=O) groups excluding carboxylic acids is 1. The number of H-pyrrole nitrogens is 1. The van der Waals surface area contributed by atoms with E-state index in [1.165, 1.54) is 24.2 Å². The molecule has 1 aromatic carbocycles. The summed E-state index contributed by atoms with van der Waals surface area (Å²) < 4.78 is 31.3. The van der Waals surface area contributed by atoms with Crippen molar-refractivity contribution in [2.45, 2.75) is 64.3 Å². The average Bonchev–Trinajstić information content (AvgIpc) is 3.48. The highest BCUT2D eigenvalue weighted by Gasteiger charge is 2.27. The Labute approximate surface area is 208 Å².